The van der Waals surface area contributed by atoms with Crippen molar-refractivity contribution in [2.24, 2.45) is 0 Å². The van der Waals surface area contributed by atoms with E-state index in [2.05, 4.69) is 17.2 Å². The van der Waals surface area contributed by atoms with Crippen LogP contribution in [0.3, 0.4) is 0 Å². The molecule has 94 valence electrons. The van der Waals surface area contributed by atoms with Crippen molar-refractivity contribution in [2.75, 3.05) is 11.9 Å². The van der Waals surface area contributed by atoms with Gasteiger partial charge in [0.05, 0.1) is 5.69 Å². The van der Waals surface area contributed by atoms with Gasteiger partial charge in [-0.3, -0.25) is 5.32 Å². The van der Waals surface area contributed by atoms with Crippen molar-refractivity contribution >= 4 is 22.5 Å². The Morgan fingerprint density at radius 1 is 1.47 bits per heavy atom. The molecule has 4 nitrogen and oxygen atoms in total. The van der Waals surface area contributed by atoms with Gasteiger partial charge in [-0.15, -0.1) is 11.3 Å². The van der Waals surface area contributed by atoms with Gasteiger partial charge in [-0.2, -0.15) is 0 Å². The van der Waals surface area contributed by atoms with Crippen LogP contribution < -0.4 is 5.32 Å². The van der Waals surface area contributed by atoms with E-state index in [0.29, 0.717) is 11.2 Å². The summed E-state index contributed by atoms with van der Waals surface area (Å²) in [5.41, 5.74) is 0.997. The maximum absolute atomic E-state index is 12.1. The monoisotopic (exact) mass is 253 g/mol. The molecule has 5 heteroatoms. The van der Waals surface area contributed by atoms with E-state index < -0.39 is 0 Å². The van der Waals surface area contributed by atoms with Gasteiger partial charge in [0.2, 0.25) is 0 Å². The molecule has 0 spiro atoms. The summed E-state index contributed by atoms with van der Waals surface area (Å²) in [6.45, 7) is 6.95. The number of nitrogens with zero attached hydrogens (tertiary/aromatic N) is 2. The van der Waals surface area contributed by atoms with Crippen molar-refractivity contribution < 1.29 is 4.79 Å². The van der Waals surface area contributed by atoms with E-state index in [-0.39, 0.29) is 6.03 Å². The van der Waals surface area contributed by atoms with Crippen LogP contribution in [-0.2, 0) is 0 Å². The van der Waals surface area contributed by atoms with Crippen LogP contribution in [-0.4, -0.2) is 28.5 Å². The number of hydrogen-bond acceptors (Lipinski definition) is 3. The first-order valence-corrected chi connectivity index (χ1v) is 6.91. The first-order chi connectivity index (χ1) is 8.08. The number of thiazole rings is 1. The van der Waals surface area contributed by atoms with Gasteiger partial charge in [0.1, 0.15) is 0 Å². The molecule has 1 unspecified atom stereocenters. The zero-order valence-corrected chi connectivity index (χ0v) is 11.4. The molecule has 0 aliphatic carbocycles. The van der Waals surface area contributed by atoms with Crippen LogP contribution in [0.4, 0.5) is 9.93 Å². The summed E-state index contributed by atoms with van der Waals surface area (Å²) in [4.78, 5) is 19.5. The van der Waals surface area contributed by atoms with Gasteiger partial charge < -0.3 is 4.90 Å². The second-order valence-corrected chi connectivity index (χ2v) is 5.83. The first kappa shape index (κ1) is 12.4. The number of nitrogens with one attached hydrogen (secondary N) is 1. The largest absolute Gasteiger partial charge is 0.323 e. The number of amides is 2. The zero-order chi connectivity index (χ0) is 12.4. The summed E-state index contributed by atoms with van der Waals surface area (Å²) in [6.07, 6.45) is 3.43. The van der Waals surface area contributed by atoms with Gasteiger partial charge in [-0.05, 0) is 40.0 Å². The third kappa shape index (κ3) is 2.77. The van der Waals surface area contributed by atoms with Crippen LogP contribution in [0.1, 0.15) is 36.8 Å². The Labute approximate surface area is 106 Å². The van der Waals surface area contributed by atoms with E-state index in [4.69, 9.17) is 0 Å². The lowest BCUT2D eigenvalue weighted by Gasteiger charge is -2.32. The lowest BCUT2D eigenvalue weighted by Crippen LogP contribution is -2.44. The van der Waals surface area contributed by atoms with Crippen molar-refractivity contribution in [1.29, 1.82) is 0 Å². The molecule has 1 aliphatic heterocycles. The molecule has 2 heterocycles. The van der Waals surface area contributed by atoms with Gasteiger partial charge >= 0.3 is 6.03 Å². The molecule has 2 amide bonds. The van der Waals surface area contributed by atoms with E-state index in [0.717, 1.165) is 30.0 Å². The molecule has 0 saturated carbocycles. The highest BCUT2D eigenvalue weighted by atomic mass is 32.1. The fraction of sp³-hybridized carbons (Fsp3) is 0.667. The molecule has 2 rings (SSSR count). The molecule has 0 aromatic carbocycles. The second kappa shape index (κ2) is 5.04. The van der Waals surface area contributed by atoms with E-state index in [9.17, 15) is 4.79 Å². The first-order valence-electron chi connectivity index (χ1n) is 6.09. The van der Waals surface area contributed by atoms with Crippen LogP contribution in [0.25, 0.3) is 0 Å². The Kier molecular flexibility index (Phi) is 3.66. The maximum Gasteiger partial charge on any atom is 0.323 e. The average Bonchev–Trinajstić information content (AvgIpc) is 2.58. The van der Waals surface area contributed by atoms with E-state index in [1.54, 1.807) is 0 Å². The molecule has 1 N–H and O–H groups in total. The molecule has 0 bridgehead atoms. The third-order valence-electron chi connectivity index (χ3n) is 3.31. The standard InChI is InChI=1S/C12H19N3OS/c1-8-6-4-5-7-15(8)12(16)14-11-13-9(2)10(3)17-11/h8H,4-7H2,1-3H3,(H,13,14,16). The summed E-state index contributed by atoms with van der Waals surface area (Å²) in [7, 11) is 0. The number of anilines is 1. The SMILES string of the molecule is Cc1nc(NC(=O)N2CCCCC2C)sc1C. The number of carbonyl (C=O) groups is 1. The quantitative estimate of drug-likeness (QED) is 0.835. The lowest BCUT2D eigenvalue weighted by molar-refractivity contribution is 0.170. The van der Waals surface area contributed by atoms with E-state index in [1.165, 1.54) is 17.8 Å². The zero-order valence-electron chi connectivity index (χ0n) is 10.6. The van der Waals surface area contributed by atoms with Crippen LogP contribution in [0.15, 0.2) is 0 Å². The highest BCUT2D eigenvalue weighted by molar-refractivity contribution is 7.15. The fourth-order valence-electron chi connectivity index (χ4n) is 2.09. The normalized spacial score (nSPS) is 20.4. The highest BCUT2D eigenvalue weighted by Crippen LogP contribution is 2.23. The number of likely N-dealkylation sites (tertiary alicyclic amines) is 1. The lowest BCUT2D eigenvalue weighted by atomic mass is 10.0. The molecule has 1 fully saturated rings. The van der Waals surface area contributed by atoms with Crippen LogP contribution in [0.2, 0.25) is 0 Å². The highest BCUT2D eigenvalue weighted by Gasteiger charge is 2.23. The molecular formula is C12H19N3OS. The van der Waals surface area contributed by atoms with Crippen LogP contribution >= 0.6 is 11.3 Å². The Hall–Kier alpha value is -1.10. The number of aromatic nitrogens is 1. The van der Waals surface area contributed by atoms with Gasteiger partial charge in [0, 0.05) is 17.5 Å². The van der Waals surface area contributed by atoms with Crippen molar-refractivity contribution in [3.8, 4) is 0 Å². The molecule has 1 atom stereocenters. The maximum atomic E-state index is 12.1. The summed E-state index contributed by atoms with van der Waals surface area (Å²) in [5.74, 6) is 0. The fourth-order valence-corrected chi connectivity index (χ4v) is 2.89. The van der Waals surface area contributed by atoms with Crippen molar-refractivity contribution in [3.05, 3.63) is 10.6 Å². The Balaban J connectivity index is 2.00. The van der Waals surface area contributed by atoms with Crippen molar-refractivity contribution in [3.63, 3.8) is 0 Å². The molecule has 1 aromatic heterocycles. The summed E-state index contributed by atoms with van der Waals surface area (Å²) in [5, 5.41) is 3.61. The Bertz CT molecular complexity index is 396. The number of hydrogen-bond donors (Lipinski definition) is 1. The number of aryl methyl sites for hydroxylation is 2. The molecule has 1 saturated heterocycles. The molecule has 0 radical (unpaired) electrons. The number of rotatable bonds is 1. The number of piperidine rings is 1. The molecule has 1 aromatic rings. The summed E-state index contributed by atoms with van der Waals surface area (Å²) in [6, 6.07) is 0.330. The van der Waals surface area contributed by atoms with Crippen molar-refractivity contribution in [2.45, 2.75) is 46.1 Å². The number of urea groups is 1. The average molecular weight is 253 g/mol. The minimum absolute atomic E-state index is 0.00838. The predicted octanol–water partition coefficient (Wildman–Crippen LogP) is 3.17. The minimum atomic E-state index is -0.00838. The van der Waals surface area contributed by atoms with Gasteiger partial charge in [-0.1, -0.05) is 0 Å². The molecule has 1 aliphatic rings. The van der Waals surface area contributed by atoms with Gasteiger partial charge in [0.15, 0.2) is 5.13 Å². The van der Waals surface area contributed by atoms with Gasteiger partial charge in [-0.25, -0.2) is 9.78 Å². The van der Waals surface area contributed by atoms with Gasteiger partial charge in [0.25, 0.3) is 0 Å². The minimum Gasteiger partial charge on any atom is -0.322 e. The third-order valence-corrected chi connectivity index (χ3v) is 4.29. The summed E-state index contributed by atoms with van der Waals surface area (Å²) < 4.78 is 0. The van der Waals surface area contributed by atoms with E-state index >= 15 is 0 Å². The number of carbonyl (C=O) groups excluding carboxylic acids is 1. The summed E-state index contributed by atoms with van der Waals surface area (Å²) >= 11 is 1.54. The molecular weight excluding hydrogens is 234 g/mol. The van der Waals surface area contributed by atoms with E-state index in [1.807, 2.05) is 18.7 Å². The Morgan fingerprint density at radius 2 is 2.24 bits per heavy atom. The Morgan fingerprint density at radius 3 is 2.82 bits per heavy atom. The van der Waals surface area contributed by atoms with Crippen molar-refractivity contribution in [1.82, 2.24) is 9.88 Å². The topological polar surface area (TPSA) is 45.2 Å². The smallest absolute Gasteiger partial charge is 0.322 e. The second-order valence-electron chi connectivity index (χ2n) is 4.63. The predicted molar refractivity (Wildman–Crippen MR) is 70.6 cm³/mol. The molecule has 17 heavy (non-hydrogen) atoms. The van der Waals surface area contributed by atoms with Crippen LogP contribution in [0.5, 0.6) is 0 Å². The van der Waals surface area contributed by atoms with Crippen LogP contribution in [0, 0.1) is 13.8 Å².